The summed E-state index contributed by atoms with van der Waals surface area (Å²) in [6.07, 6.45) is 1.75. The third kappa shape index (κ3) is 7.17. The smallest absolute Gasteiger partial charge is 0.338 e. The van der Waals surface area contributed by atoms with Crippen molar-refractivity contribution >= 4 is 86.3 Å². The second-order valence-electron chi connectivity index (χ2n) is 7.02. The highest BCUT2D eigenvalue weighted by atomic mass is 35.5. The van der Waals surface area contributed by atoms with Gasteiger partial charge in [0.25, 0.3) is 5.91 Å². The molecule has 0 saturated carbocycles. The van der Waals surface area contributed by atoms with Gasteiger partial charge in [0.15, 0.2) is 9.51 Å². The summed E-state index contributed by atoms with van der Waals surface area (Å²) in [6.45, 7) is 2.03. The van der Waals surface area contributed by atoms with E-state index in [1.165, 1.54) is 34.9 Å². The first-order valence-electron chi connectivity index (χ1n) is 10.5. The molecule has 0 aliphatic carbocycles. The van der Waals surface area contributed by atoms with E-state index in [0.29, 0.717) is 42.4 Å². The number of aliphatic imine (C=N–C) groups is 1. The number of ether oxygens (including phenoxy) is 1. The molecule has 0 unspecified atom stereocenters. The van der Waals surface area contributed by atoms with Gasteiger partial charge < -0.3 is 15.4 Å². The van der Waals surface area contributed by atoms with Crippen molar-refractivity contribution in [1.29, 1.82) is 0 Å². The van der Waals surface area contributed by atoms with Gasteiger partial charge in [-0.1, -0.05) is 46.8 Å². The Morgan fingerprint density at radius 3 is 2.64 bits per heavy atom. The van der Waals surface area contributed by atoms with E-state index in [1.54, 1.807) is 49.4 Å². The van der Waals surface area contributed by atoms with E-state index in [0.717, 1.165) is 5.56 Å². The van der Waals surface area contributed by atoms with Gasteiger partial charge in [-0.3, -0.25) is 9.59 Å². The Bertz CT molecular complexity index is 1340. The lowest BCUT2D eigenvalue weighted by atomic mass is 10.2. The van der Waals surface area contributed by atoms with Crippen LogP contribution in [0.15, 0.2) is 62.8 Å². The minimum absolute atomic E-state index is 0.115. The highest BCUT2D eigenvalue weighted by Gasteiger charge is 2.24. The third-order valence-corrected chi connectivity index (χ3v) is 7.53. The summed E-state index contributed by atoms with van der Waals surface area (Å²) in [4.78, 5) is 41.1. The average Bonchev–Trinajstić information content (AvgIpc) is 3.45. The Balaban J connectivity index is 1.29. The molecular weight excluding hydrogens is 542 g/mol. The van der Waals surface area contributed by atoms with Crippen LogP contribution in [0.3, 0.4) is 0 Å². The molecule has 3 aromatic rings. The van der Waals surface area contributed by atoms with Crippen LogP contribution in [0.1, 0.15) is 22.8 Å². The number of hydrogen-bond donors (Lipinski definition) is 2. The number of benzene rings is 2. The number of thioether (sulfide) groups is 2. The van der Waals surface area contributed by atoms with E-state index in [1.807, 2.05) is 12.1 Å². The van der Waals surface area contributed by atoms with E-state index in [-0.39, 0.29) is 17.6 Å². The number of esters is 1. The lowest BCUT2D eigenvalue weighted by Crippen LogP contribution is -2.19. The summed E-state index contributed by atoms with van der Waals surface area (Å²) in [7, 11) is 0. The number of carbonyl (C=O) groups is 3. The van der Waals surface area contributed by atoms with Crippen LogP contribution in [0.5, 0.6) is 0 Å². The quantitative estimate of drug-likeness (QED) is 0.225. The molecule has 1 aliphatic heterocycles. The summed E-state index contributed by atoms with van der Waals surface area (Å²) in [5, 5.41) is 14.9. The third-order valence-electron chi connectivity index (χ3n) is 4.42. The maximum absolute atomic E-state index is 12.3. The van der Waals surface area contributed by atoms with Crippen LogP contribution in [0.25, 0.3) is 6.08 Å². The molecule has 36 heavy (non-hydrogen) atoms. The monoisotopic (exact) mass is 559 g/mol. The second-order valence-corrected chi connectivity index (χ2v) is 10.7. The van der Waals surface area contributed by atoms with Crippen molar-refractivity contribution in [2.24, 2.45) is 4.99 Å². The predicted molar refractivity (Wildman–Crippen MR) is 144 cm³/mol. The first-order valence-corrected chi connectivity index (χ1v) is 13.5. The fourth-order valence-corrected chi connectivity index (χ4v) is 5.34. The molecule has 9 nitrogen and oxygen atoms in total. The van der Waals surface area contributed by atoms with Gasteiger partial charge in [0.05, 0.1) is 22.8 Å². The zero-order valence-electron chi connectivity index (χ0n) is 18.7. The number of rotatable bonds is 8. The fourth-order valence-electron chi connectivity index (χ4n) is 2.81. The fraction of sp³-hybridized carbons (Fsp3) is 0.130. The van der Waals surface area contributed by atoms with Crippen molar-refractivity contribution in [3.8, 4) is 0 Å². The molecule has 4 rings (SSSR count). The van der Waals surface area contributed by atoms with E-state index in [9.17, 15) is 14.4 Å². The van der Waals surface area contributed by atoms with Crippen LogP contribution in [0.4, 0.5) is 10.8 Å². The summed E-state index contributed by atoms with van der Waals surface area (Å²) in [5.41, 5.74) is 1.83. The summed E-state index contributed by atoms with van der Waals surface area (Å²) < 4.78 is 5.50. The van der Waals surface area contributed by atoms with Crippen LogP contribution < -0.4 is 10.6 Å². The molecule has 13 heteroatoms. The van der Waals surface area contributed by atoms with E-state index < -0.39 is 5.97 Å². The summed E-state index contributed by atoms with van der Waals surface area (Å²) in [5.74, 6) is -0.780. The molecule has 2 aromatic carbocycles. The first kappa shape index (κ1) is 25.9. The average molecular weight is 560 g/mol. The minimum atomic E-state index is -0.411. The zero-order valence-corrected chi connectivity index (χ0v) is 21.9. The molecule has 2 N–H and O–H groups in total. The lowest BCUT2D eigenvalue weighted by Gasteiger charge is -2.05. The maximum atomic E-state index is 12.3. The Kier molecular flexibility index (Phi) is 8.75. The Labute approximate surface area is 223 Å². The van der Waals surface area contributed by atoms with E-state index in [2.05, 4.69) is 25.8 Å². The molecule has 0 bridgehead atoms. The Hall–Kier alpha value is -3.19. The van der Waals surface area contributed by atoms with Crippen molar-refractivity contribution in [2.45, 2.75) is 11.3 Å². The van der Waals surface area contributed by atoms with Gasteiger partial charge >= 0.3 is 5.97 Å². The van der Waals surface area contributed by atoms with Crippen molar-refractivity contribution in [2.75, 3.05) is 17.7 Å². The molecule has 1 saturated heterocycles. The Morgan fingerprint density at radius 2 is 1.92 bits per heavy atom. The maximum Gasteiger partial charge on any atom is 0.338 e. The number of anilines is 1. The molecule has 184 valence electrons. The highest BCUT2D eigenvalue weighted by Crippen LogP contribution is 2.31. The molecule has 1 aliphatic rings. The molecule has 2 amide bonds. The van der Waals surface area contributed by atoms with Crippen molar-refractivity contribution in [3.05, 3.63) is 69.6 Å². The van der Waals surface area contributed by atoms with Crippen LogP contribution in [-0.4, -0.2) is 45.5 Å². The van der Waals surface area contributed by atoms with Gasteiger partial charge in [-0.15, -0.1) is 10.2 Å². The predicted octanol–water partition coefficient (Wildman–Crippen LogP) is 4.99. The number of amides is 2. The summed E-state index contributed by atoms with van der Waals surface area (Å²) in [6, 6.07) is 13.6. The molecular formula is C23H18ClN5O4S3. The number of hydrogen-bond acceptors (Lipinski definition) is 10. The van der Waals surface area contributed by atoms with Crippen molar-refractivity contribution in [1.82, 2.24) is 15.5 Å². The highest BCUT2D eigenvalue weighted by molar-refractivity contribution is 8.18. The lowest BCUT2D eigenvalue weighted by molar-refractivity contribution is -0.115. The number of aromatic nitrogens is 2. The van der Waals surface area contributed by atoms with Crippen LogP contribution in [0.2, 0.25) is 5.02 Å². The van der Waals surface area contributed by atoms with Crippen molar-refractivity contribution in [3.63, 3.8) is 0 Å². The zero-order chi connectivity index (χ0) is 25.5. The Morgan fingerprint density at radius 1 is 1.17 bits per heavy atom. The van der Waals surface area contributed by atoms with Gasteiger partial charge in [-0.05, 0) is 66.7 Å². The number of nitrogens with one attached hydrogen (secondary N) is 2. The number of carbonyl (C=O) groups excluding carboxylic acids is 3. The van der Waals surface area contributed by atoms with E-state index in [4.69, 9.17) is 16.3 Å². The van der Waals surface area contributed by atoms with Gasteiger partial charge in [-0.25, -0.2) is 4.79 Å². The molecule has 0 radical (unpaired) electrons. The number of amidine groups is 1. The molecule has 1 fully saturated rings. The first-order chi connectivity index (χ1) is 17.4. The van der Waals surface area contributed by atoms with Crippen LogP contribution in [0, 0.1) is 0 Å². The topological polar surface area (TPSA) is 123 Å². The molecule has 0 spiro atoms. The van der Waals surface area contributed by atoms with Crippen molar-refractivity contribution < 1.29 is 19.1 Å². The number of nitrogens with zero attached hydrogens (tertiary/aromatic N) is 3. The van der Waals surface area contributed by atoms with Gasteiger partial charge in [-0.2, -0.15) is 4.99 Å². The van der Waals surface area contributed by atoms with Gasteiger partial charge in [0, 0.05) is 10.7 Å². The number of halogens is 1. The normalized spacial score (nSPS) is 15.2. The standard InChI is InChI=1S/C23H18ClN5O4S3/c1-2-33-20(32)14-5-9-16(10-6-14)25-18(30)12-34-23-29-28-22(36-23)27-21-26-19(31)17(35-21)11-13-3-7-15(24)8-4-13/h3-11H,2,12H2,1H3,(H,25,30)(H,26,27,28,31)/b17-11-. The summed E-state index contributed by atoms with van der Waals surface area (Å²) >= 11 is 9.53. The van der Waals surface area contributed by atoms with Gasteiger partial charge in [0.1, 0.15) is 0 Å². The van der Waals surface area contributed by atoms with E-state index >= 15 is 0 Å². The second kappa shape index (κ2) is 12.2. The molecule has 2 heterocycles. The van der Waals surface area contributed by atoms with Crippen LogP contribution >= 0.6 is 46.5 Å². The minimum Gasteiger partial charge on any atom is -0.462 e. The largest absolute Gasteiger partial charge is 0.462 e. The molecule has 0 atom stereocenters. The van der Waals surface area contributed by atoms with Gasteiger partial charge in [0.2, 0.25) is 11.0 Å². The SMILES string of the molecule is CCOC(=O)c1ccc(NC(=O)CSc2nnc(/N=C3\NC(=O)/C(=C/c4ccc(Cl)cc4)S3)s2)cc1. The molecule has 1 aromatic heterocycles. The van der Waals surface area contributed by atoms with Crippen LogP contribution in [-0.2, 0) is 14.3 Å².